The Morgan fingerprint density at radius 3 is 2.74 bits per heavy atom. The van der Waals surface area contributed by atoms with E-state index in [1.807, 2.05) is 31.5 Å². The van der Waals surface area contributed by atoms with Crippen LogP contribution >= 0.6 is 23.6 Å². The lowest BCUT2D eigenvalue weighted by Crippen LogP contribution is -2.60. The molecule has 1 aromatic heterocycles. The zero-order valence-corrected chi connectivity index (χ0v) is 17.5. The summed E-state index contributed by atoms with van der Waals surface area (Å²) in [7, 11) is 0. The van der Waals surface area contributed by atoms with Gasteiger partial charge in [-0.2, -0.15) is 0 Å². The molecule has 0 atom stereocenters. The SMILES string of the molecule is CC(C)(O)C1CCC(NC(=S)N2CC(Oc3cccc4scnc34)C2)CC1. The van der Waals surface area contributed by atoms with Crippen molar-refractivity contribution >= 4 is 38.9 Å². The number of rotatable bonds is 4. The number of hydrogen-bond acceptors (Lipinski definition) is 5. The number of ether oxygens (including phenoxy) is 1. The van der Waals surface area contributed by atoms with Crippen LogP contribution in [0.15, 0.2) is 23.7 Å². The number of nitrogens with zero attached hydrogens (tertiary/aromatic N) is 2. The van der Waals surface area contributed by atoms with Crippen LogP contribution in [-0.2, 0) is 0 Å². The Labute approximate surface area is 169 Å². The smallest absolute Gasteiger partial charge is 0.169 e. The lowest BCUT2D eigenvalue weighted by Gasteiger charge is -2.42. The van der Waals surface area contributed by atoms with Crippen molar-refractivity contribution in [3.05, 3.63) is 23.7 Å². The highest BCUT2D eigenvalue weighted by Gasteiger charge is 2.34. The number of hydrogen-bond donors (Lipinski definition) is 2. The number of benzene rings is 1. The highest BCUT2D eigenvalue weighted by molar-refractivity contribution is 7.80. The Bertz CT molecular complexity index is 803. The Morgan fingerprint density at radius 1 is 1.30 bits per heavy atom. The first-order valence-electron chi connectivity index (χ1n) is 9.67. The number of aromatic nitrogens is 1. The second kappa shape index (κ2) is 7.53. The quantitative estimate of drug-likeness (QED) is 0.759. The molecule has 5 nitrogen and oxygen atoms in total. The van der Waals surface area contributed by atoms with E-state index in [4.69, 9.17) is 17.0 Å². The summed E-state index contributed by atoms with van der Waals surface area (Å²) < 4.78 is 7.29. The fourth-order valence-electron chi connectivity index (χ4n) is 4.02. The molecule has 1 aliphatic heterocycles. The predicted octanol–water partition coefficient (Wildman–Crippen LogP) is 3.56. The summed E-state index contributed by atoms with van der Waals surface area (Å²) in [5.74, 6) is 1.25. The van der Waals surface area contributed by atoms with Crippen LogP contribution in [-0.4, -0.2) is 50.9 Å². The van der Waals surface area contributed by atoms with Crippen molar-refractivity contribution in [2.24, 2.45) is 5.92 Å². The van der Waals surface area contributed by atoms with E-state index in [1.54, 1.807) is 11.3 Å². The van der Waals surface area contributed by atoms with Crippen LogP contribution < -0.4 is 10.1 Å². The summed E-state index contributed by atoms with van der Waals surface area (Å²) in [5.41, 5.74) is 2.23. The molecule has 1 saturated heterocycles. The summed E-state index contributed by atoms with van der Waals surface area (Å²) in [5, 5.41) is 14.5. The maximum Gasteiger partial charge on any atom is 0.169 e. The summed E-state index contributed by atoms with van der Waals surface area (Å²) in [6.07, 6.45) is 4.38. The van der Waals surface area contributed by atoms with Crippen LogP contribution in [0.5, 0.6) is 5.75 Å². The van der Waals surface area contributed by atoms with Crippen molar-refractivity contribution in [1.29, 1.82) is 0 Å². The molecule has 27 heavy (non-hydrogen) atoms. The molecule has 0 unspecified atom stereocenters. The third-order valence-corrected chi connectivity index (χ3v) is 6.98. The van der Waals surface area contributed by atoms with Gasteiger partial charge in [-0.3, -0.25) is 0 Å². The van der Waals surface area contributed by atoms with E-state index in [0.29, 0.717) is 12.0 Å². The number of fused-ring (bicyclic) bond motifs is 1. The molecule has 0 bridgehead atoms. The predicted molar refractivity (Wildman–Crippen MR) is 113 cm³/mol. The van der Waals surface area contributed by atoms with Crippen LogP contribution in [0.3, 0.4) is 0 Å². The summed E-state index contributed by atoms with van der Waals surface area (Å²) in [4.78, 5) is 6.58. The van der Waals surface area contributed by atoms with E-state index in [1.165, 1.54) is 0 Å². The molecule has 1 aliphatic carbocycles. The first-order valence-corrected chi connectivity index (χ1v) is 11.0. The van der Waals surface area contributed by atoms with Gasteiger partial charge >= 0.3 is 0 Å². The first-order chi connectivity index (χ1) is 12.9. The fraction of sp³-hybridized carbons (Fsp3) is 0.600. The number of nitrogens with one attached hydrogen (secondary N) is 1. The maximum absolute atomic E-state index is 10.2. The molecule has 2 aliphatic rings. The molecule has 4 rings (SSSR count). The third-order valence-electron chi connectivity index (χ3n) is 5.81. The molecule has 1 aromatic carbocycles. The molecule has 2 aromatic rings. The van der Waals surface area contributed by atoms with Crippen LogP contribution in [0.2, 0.25) is 0 Å². The fourth-order valence-corrected chi connectivity index (χ4v) is 5.03. The van der Waals surface area contributed by atoms with Crippen LogP contribution in [0.1, 0.15) is 39.5 Å². The molecule has 0 spiro atoms. The monoisotopic (exact) mass is 405 g/mol. The Balaban J connectivity index is 1.23. The lowest BCUT2D eigenvalue weighted by molar-refractivity contribution is -0.00237. The third kappa shape index (κ3) is 4.20. The standard InChI is InChI=1S/C20H27N3O2S2/c1-20(2,24)13-6-8-14(9-7-13)22-19(26)23-10-15(11-23)25-16-4-3-5-17-18(16)21-12-27-17/h3-5,12-15,24H,6-11H2,1-2H3,(H,22,26). The lowest BCUT2D eigenvalue weighted by atomic mass is 9.77. The Kier molecular flexibility index (Phi) is 5.27. The Hall–Kier alpha value is -1.44. The van der Waals surface area contributed by atoms with Gasteiger partial charge in [-0.05, 0) is 69.8 Å². The van der Waals surface area contributed by atoms with Gasteiger partial charge in [0.15, 0.2) is 5.11 Å². The van der Waals surface area contributed by atoms with Gasteiger partial charge < -0.3 is 20.1 Å². The average molecular weight is 406 g/mol. The minimum atomic E-state index is -0.576. The number of thiazole rings is 1. The highest BCUT2D eigenvalue weighted by atomic mass is 32.1. The average Bonchev–Trinajstić information content (AvgIpc) is 3.06. The molecular formula is C20H27N3O2S2. The van der Waals surface area contributed by atoms with Crippen molar-refractivity contribution in [2.45, 2.75) is 57.3 Å². The minimum absolute atomic E-state index is 0.156. The second-order valence-corrected chi connectivity index (χ2v) is 9.52. The van der Waals surface area contributed by atoms with Crippen molar-refractivity contribution < 1.29 is 9.84 Å². The van der Waals surface area contributed by atoms with Crippen molar-refractivity contribution in [3.8, 4) is 5.75 Å². The highest BCUT2D eigenvalue weighted by Crippen LogP contribution is 2.33. The van der Waals surface area contributed by atoms with E-state index in [0.717, 1.165) is 59.9 Å². The number of likely N-dealkylation sites (tertiary alicyclic amines) is 1. The summed E-state index contributed by atoms with van der Waals surface area (Å²) in [6.45, 7) is 5.46. The minimum Gasteiger partial charge on any atom is -0.484 e. The normalized spacial score (nSPS) is 23.9. The van der Waals surface area contributed by atoms with E-state index in [9.17, 15) is 5.11 Å². The second-order valence-electron chi connectivity index (χ2n) is 8.25. The first kappa shape index (κ1) is 18.9. The van der Waals surface area contributed by atoms with E-state index >= 15 is 0 Å². The molecule has 2 fully saturated rings. The van der Waals surface area contributed by atoms with Crippen LogP contribution in [0, 0.1) is 5.92 Å². The number of aliphatic hydroxyl groups is 1. The molecule has 7 heteroatoms. The largest absolute Gasteiger partial charge is 0.484 e. The maximum atomic E-state index is 10.2. The van der Waals surface area contributed by atoms with Gasteiger partial charge in [-0.25, -0.2) is 4.98 Å². The van der Waals surface area contributed by atoms with Crippen LogP contribution in [0.25, 0.3) is 10.2 Å². The van der Waals surface area contributed by atoms with Gasteiger partial charge in [0, 0.05) is 6.04 Å². The molecular weight excluding hydrogens is 378 g/mol. The van der Waals surface area contributed by atoms with Gasteiger partial charge in [0.25, 0.3) is 0 Å². The zero-order chi connectivity index (χ0) is 19.0. The topological polar surface area (TPSA) is 57.6 Å². The van der Waals surface area contributed by atoms with Crippen LogP contribution in [0.4, 0.5) is 0 Å². The summed E-state index contributed by atoms with van der Waals surface area (Å²) in [6, 6.07) is 6.49. The van der Waals surface area contributed by atoms with E-state index < -0.39 is 5.60 Å². The van der Waals surface area contributed by atoms with Crippen molar-refractivity contribution in [1.82, 2.24) is 15.2 Å². The Morgan fingerprint density at radius 2 is 2.04 bits per heavy atom. The van der Waals surface area contributed by atoms with Crippen molar-refractivity contribution in [3.63, 3.8) is 0 Å². The summed E-state index contributed by atoms with van der Waals surface area (Å²) >= 11 is 7.22. The van der Waals surface area contributed by atoms with Gasteiger partial charge in [0.2, 0.25) is 0 Å². The number of para-hydroxylation sites is 1. The molecule has 1 saturated carbocycles. The van der Waals surface area contributed by atoms with E-state index in [2.05, 4.69) is 21.3 Å². The molecule has 146 valence electrons. The molecule has 0 radical (unpaired) electrons. The molecule has 2 heterocycles. The molecule has 0 amide bonds. The number of thiocarbonyl (C=S) groups is 1. The van der Waals surface area contributed by atoms with Gasteiger partial charge in [0.05, 0.1) is 28.9 Å². The van der Waals surface area contributed by atoms with Gasteiger partial charge in [-0.1, -0.05) is 6.07 Å². The van der Waals surface area contributed by atoms with Gasteiger partial charge in [0.1, 0.15) is 17.4 Å². The van der Waals surface area contributed by atoms with E-state index in [-0.39, 0.29) is 6.10 Å². The zero-order valence-electron chi connectivity index (χ0n) is 15.9. The van der Waals surface area contributed by atoms with Crippen molar-refractivity contribution in [2.75, 3.05) is 13.1 Å². The van der Waals surface area contributed by atoms with Gasteiger partial charge in [-0.15, -0.1) is 11.3 Å². The molecule has 2 N–H and O–H groups in total.